The molecule has 1 N–H and O–H groups in total. The molecule has 0 spiro atoms. The lowest BCUT2D eigenvalue weighted by atomic mass is 9.95. The molecule has 2 aromatic carbocycles. The summed E-state index contributed by atoms with van der Waals surface area (Å²) in [6, 6.07) is 15.7. The number of ketones is 1. The van der Waals surface area contributed by atoms with Gasteiger partial charge in [-0.15, -0.1) is 0 Å². The van der Waals surface area contributed by atoms with Crippen LogP contribution in [0.15, 0.2) is 60.2 Å². The van der Waals surface area contributed by atoms with E-state index in [1.54, 1.807) is 29.2 Å². The molecule has 180 valence electrons. The van der Waals surface area contributed by atoms with Crippen LogP contribution in [0.2, 0.25) is 0 Å². The number of hydrogen-bond donors (Lipinski definition) is 1. The average Bonchev–Trinajstić information content (AvgIpc) is 3.12. The minimum atomic E-state index is -0.659. The molecule has 0 aromatic heterocycles. The zero-order valence-electron chi connectivity index (χ0n) is 19.8. The van der Waals surface area contributed by atoms with Crippen molar-refractivity contribution in [2.45, 2.75) is 19.9 Å². The summed E-state index contributed by atoms with van der Waals surface area (Å²) >= 11 is 0. The molecule has 2 aromatic rings. The molecule has 4 rings (SSSR count). The third-order valence-corrected chi connectivity index (χ3v) is 6.13. The number of Topliss-reactive ketones (excluding diaryl/α,β-unsaturated/α-hetero) is 1. The van der Waals surface area contributed by atoms with Crippen LogP contribution in [0, 0.1) is 5.92 Å². The SMILES string of the molecule is CC(C)COc1ccc(/C(O)=C2\C(=O)C(=O)N(CCN3CCOCC3)[C@H]2c2ccccc2)cc1. The fourth-order valence-corrected chi connectivity index (χ4v) is 4.29. The minimum absolute atomic E-state index is 0.119. The number of aliphatic hydroxyl groups excluding tert-OH is 1. The minimum Gasteiger partial charge on any atom is -0.507 e. The van der Waals surface area contributed by atoms with E-state index in [0.717, 1.165) is 18.7 Å². The smallest absolute Gasteiger partial charge is 0.295 e. The summed E-state index contributed by atoms with van der Waals surface area (Å²) in [6.07, 6.45) is 0. The maximum absolute atomic E-state index is 13.1. The molecule has 0 unspecified atom stereocenters. The van der Waals surface area contributed by atoms with Crippen molar-refractivity contribution in [1.29, 1.82) is 0 Å². The van der Waals surface area contributed by atoms with Crippen molar-refractivity contribution in [3.8, 4) is 5.75 Å². The van der Waals surface area contributed by atoms with Gasteiger partial charge in [-0.1, -0.05) is 44.2 Å². The van der Waals surface area contributed by atoms with Crippen molar-refractivity contribution in [3.05, 3.63) is 71.3 Å². The van der Waals surface area contributed by atoms with E-state index in [1.165, 1.54) is 0 Å². The summed E-state index contributed by atoms with van der Waals surface area (Å²) in [4.78, 5) is 30.0. The summed E-state index contributed by atoms with van der Waals surface area (Å²) in [6.45, 7) is 8.69. The quantitative estimate of drug-likeness (QED) is 0.366. The Morgan fingerprint density at radius 1 is 1.03 bits per heavy atom. The molecule has 2 fully saturated rings. The van der Waals surface area contributed by atoms with Crippen LogP contribution in [0.1, 0.15) is 31.0 Å². The van der Waals surface area contributed by atoms with Crippen molar-refractivity contribution in [1.82, 2.24) is 9.80 Å². The molecular weight excluding hydrogens is 432 g/mol. The standard InChI is InChI=1S/C27H32N2O5/c1-19(2)18-34-22-10-8-21(9-11-22)25(30)23-24(20-6-4-3-5-7-20)29(27(32)26(23)31)13-12-28-14-16-33-17-15-28/h3-11,19,24,30H,12-18H2,1-2H3/b25-23+/t24-/m0/s1. The van der Waals surface area contributed by atoms with Crippen LogP contribution in [0.5, 0.6) is 5.75 Å². The van der Waals surface area contributed by atoms with Gasteiger partial charge in [0.25, 0.3) is 11.7 Å². The maximum atomic E-state index is 13.1. The normalized spacial score (nSPS) is 20.8. The van der Waals surface area contributed by atoms with Crippen LogP contribution in [0.4, 0.5) is 0 Å². The summed E-state index contributed by atoms with van der Waals surface area (Å²) < 4.78 is 11.1. The summed E-state index contributed by atoms with van der Waals surface area (Å²) in [5, 5.41) is 11.2. The van der Waals surface area contributed by atoms with Crippen LogP contribution >= 0.6 is 0 Å². The lowest BCUT2D eigenvalue weighted by Gasteiger charge is -2.31. The molecule has 2 aliphatic heterocycles. The molecule has 0 aliphatic carbocycles. The highest BCUT2D eigenvalue weighted by Crippen LogP contribution is 2.39. The molecule has 2 heterocycles. The third-order valence-electron chi connectivity index (χ3n) is 6.13. The van der Waals surface area contributed by atoms with E-state index in [0.29, 0.717) is 50.1 Å². The van der Waals surface area contributed by atoms with Gasteiger partial charge in [-0.2, -0.15) is 0 Å². The number of morpholine rings is 1. The summed E-state index contributed by atoms with van der Waals surface area (Å²) in [5.74, 6) is -0.325. The molecule has 7 nitrogen and oxygen atoms in total. The number of hydrogen-bond acceptors (Lipinski definition) is 6. The van der Waals surface area contributed by atoms with Gasteiger partial charge < -0.3 is 19.5 Å². The number of carbonyl (C=O) groups excluding carboxylic acids is 2. The number of rotatable bonds is 8. The van der Waals surface area contributed by atoms with Crippen LogP contribution < -0.4 is 4.74 Å². The fraction of sp³-hybridized carbons (Fsp3) is 0.407. The van der Waals surface area contributed by atoms with Crippen molar-refractivity contribution < 1.29 is 24.2 Å². The molecule has 0 radical (unpaired) electrons. The fourth-order valence-electron chi connectivity index (χ4n) is 4.29. The van der Waals surface area contributed by atoms with E-state index in [1.807, 2.05) is 30.3 Å². The van der Waals surface area contributed by atoms with Crippen LogP contribution in [0.25, 0.3) is 5.76 Å². The van der Waals surface area contributed by atoms with Crippen molar-refractivity contribution in [2.24, 2.45) is 5.92 Å². The van der Waals surface area contributed by atoms with E-state index in [-0.39, 0.29) is 11.3 Å². The number of nitrogens with zero attached hydrogens (tertiary/aromatic N) is 2. The highest BCUT2D eigenvalue weighted by molar-refractivity contribution is 6.46. The van der Waals surface area contributed by atoms with Crippen molar-refractivity contribution >= 4 is 17.4 Å². The maximum Gasteiger partial charge on any atom is 0.295 e. The number of aliphatic hydroxyl groups is 1. The number of likely N-dealkylation sites (tertiary alicyclic amines) is 1. The first kappa shape index (κ1) is 24.0. The summed E-state index contributed by atoms with van der Waals surface area (Å²) in [7, 11) is 0. The largest absolute Gasteiger partial charge is 0.507 e. The molecule has 0 bridgehead atoms. The van der Waals surface area contributed by atoms with Crippen LogP contribution in [-0.2, 0) is 14.3 Å². The van der Waals surface area contributed by atoms with Crippen LogP contribution in [-0.4, -0.2) is 72.6 Å². The molecule has 2 aliphatic rings. The van der Waals surface area contributed by atoms with Gasteiger partial charge in [0, 0.05) is 31.7 Å². The van der Waals surface area contributed by atoms with Gasteiger partial charge in [0.05, 0.1) is 31.4 Å². The lowest BCUT2D eigenvalue weighted by Crippen LogP contribution is -2.42. The highest BCUT2D eigenvalue weighted by Gasteiger charge is 2.45. The Labute approximate surface area is 200 Å². The predicted molar refractivity (Wildman–Crippen MR) is 129 cm³/mol. The number of ether oxygens (including phenoxy) is 2. The van der Waals surface area contributed by atoms with E-state index in [4.69, 9.17) is 9.47 Å². The Morgan fingerprint density at radius 3 is 2.35 bits per heavy atom. The first-order valence-electron chi connectivity index (χ1n) is 11.8. The van der Waals surface area contributed by atoms with Gasteiger partial charge in [-0.25, -0.2) is 0 Å². The van der Waals surface area contributed by atoms with Gasteiger partial charge in [0.15, 0.2) is 0 Å². The monoisotopic (exact) mass is 464 g/mol. The third kappa shape index (κ3) is 5.32. The Bertz CT molecular complexity index is 1030. The second-order valence-electron chi connectivity index (χ2n) is 9.09. The van der Waals surface area contributed by atoms with Crippen molar-refractivity contribution in [3.63, 3.8) is 0 Å². The topological polar surface area (TPSA) is 79.3 Å². The molecule has 0 saturated carbocycles. The van der Waals surface area contributed by atoms with E-state index < -0.39 is 17.7 Å². The molecule has 7 heteroatoms. The van der Waals surface area contributed by atoms with Gasteiger partial charge in [0.1, 0.15) is 11.5 Å². The molecule has 1 amide bonds. The van der Waals surface area contributed by atoms with E-state index >= 15 is 0 Å². The second-order valence-corrected chi connectivity index (χ2v) is 9.09. The molecule has 34 heavy (non-hydrogen) atoms. The van der Waals surface area contributed by atoms with Gasteiger partial charge in [-0.05, 0) is 35.7 Å². The highest BCUT2D eigenvalue weighted by atomic mass is 16.5. The van der Waals surface area contributed by atoms with Gasteiger partial charge >= 0.3 is 0 Å². The molecule has 1 atom stereocenters. The first-order valence-corrected chi connectivity index (χ1v) is 11.8. The summed E-state index contributed by atoms with van der Waals surface area (Å²) in [5.41, 5.74) is 1.39. The van der Waals surface area contributed by atoms with Crippen LogP contribution in [0.3, 0.4) is 0 Å². The lowest BCUT2D eigenvalue weighted by molar-refractivity contribution is -0.140. The van der Waals surface area contributed by atoms with E-state index in [9.17, 15) is 14.7 Å². The predicted octanol–water partition coefficient (Wildman–Crippen LogP) is 3.48. The molecular formula is C27H32N2O5. The number of amides is 1. The second kappa shape index (κ2) is 10.8. The van der Waals surface area contributed by atoms with Gasteiger partial charge in [-0.3, -0.25) is 14.5 Å². The Morgan fingerprint density at radius 2 is 1.71 bits per heavy atom. The number of benzene rings is 2. The van der Waals surface area contributed by atoms with E-state index in [2.05, 4.69) is 18.7 Å². The van der Waals surface area contributed by atoms with Crippen molar-refractivity contribution in [2.75, 3.05) is 46.0 Å². The van der Waals surface area contributed by atoms with Gasteiger partial charge in [0.2, 0.25) is 0 Å². The Hall–Kier alpha value is -3.16. The average molecular weight is 465 g/mol. The first-order chi connectivity index (χ1) is 16.5. The zero-order valence-corrected chi connectivity index (χ0v) is 19.8. The Balaban J connectivity index is 1.64. The zero-order chi connectivity index (χ0) is 24.1. The number of carbonyl (C=O) groups is 2. The molecule has 2 saturated heterocycles. The Kier molecular flexibility index (Phi) is 7.65.